The molecule has 0 spiro atoms. The summed E-state index contributed by atoms with van der Waals surface area (Å²) in [6.07, 6.45) is -0.912. The summed E-state index contributed by atoms with van der Waals surface area (Å²) >= 11 is 0. The Morgan fingerprint density at radius 3 is 2.14 bits per heavy atom. The molecular formula is C3H9O3P. The van der Waals surface area contributed by atoms with Gasteiger partial charge in [-0.15, -0.1) is 0 Å². The van der Waals surface area contributed by atoms with Crippen molar-refractivity contribution < 1.29 is 15.0 Å². The van der Waals surface area contributed by atoms with Crippen LogP contribution in [0, 0.1) is 0 Å². The molecule has 2 unspecified atom stereocenters. The number of aliphatic hydroxyl groups excluding tert-OH is 2. The molecule has 0 aliphatic rings. The molecule has 7 heavy (non-hydrogen) atoms. The SMILES string of the molecule is O=CC(O)CO.P. The quantitative estimate of drug-likeness (QED) is 0.351. The fourth-order valence-electron chi connectivity index (χ4n) is 0.0430. The molecule has 2 atom stereocenters. The maximum Gasteiger partial charge on any atom is 0.150 e. The number of carbonyl (C=O) groups excluding carboxylic acids is 1. The van der Waals surface area contributed by atoms with Crippen molar-refractivity contribution in [3.63, 3.8) is 0 Å². The molecule has 0 heterocycles. The third-order valence-corrected chi connectivity index (χ3v) is 0.344. The fourth-order valence-corrected chi connectivity index (χ4v) is 0.0430. The van der Waals surface area contributed by atoms with Crippen molar-refractivity contribution >= 4 is 16.2 Å². The summed E-state index contributed by atoms with van der Waals surface area (Å²) in [5.41, 5.74) is 0. The zero-order valence-electron chi connectivity index (χ0n) is 3.87. The van der Waals surface area contributed by atoms with Gasteiger partial charge in [0.25, 0.3) is 0 Å². The lowest BCUT2D eigenvalue weighted by molar-refractivity contribution is -0.116. The molecule has 0 aromatic carbocycles. The molecule has 0 saturated heterocycles. The van der Waals surface area contributed by atoms with Crippen LogP contribution >= 0.6 is 9.90 Å². The van der Waals surface area contributed by atoms with Crippen molar-refractivity contribution in [2.45, 2.75) is 6.10 Å². The molecule has 0 amide bonds. The van der Waals surface area contributed by atoms with E-state index < -0.39 is 12.7 Å². The van der Waals surface area contributed by atoms with Crippen molar-refractivity contribution in [1.82, 2.24) is 0 Å². The minimum Gasteiger partial charge on any atom is -0.393 e. The predicted molar refractivity (Wildman–Crippen MR) is 30.3 cm³/mol. The van der Waals surface area contributed by atoms with Gasteiger partial charge in [-0.1, -0.05) is 0 Å². The third kappa shape index (κ3) is 6.02. The van der Waals surface area contributed by atoms with Crippen LogP contribution in [0.1, 0.15) is 0 Å². The molecule has 0 rings (SSSR count). The van der Waals surface area contributed by atoms with Gasteiger partial charge in [0.05, 0.1) is 6.61 Å². The first kappa shape index (κ1) is 10.1. The van der Waals surface area contributed by atoms with Crippen molar-refractivity contribution in [2.24, 2.45) is 0 Å². The number of carbonyl (C=O) groups is 1. The maximum absolute atomic E-state index is 9.33. The van der Waals surface area contributed by atoms with E-state index in [1.807, 2.05) is 0 Å². The van der Waals surface area contributed by atoms with Gasteiger partial charge in [0.15, 0.2) is 6.29 Å². The highest BCUT2D eigenvalue weighted by Crippen LogP contribution is 1.66. The lowest BCUT2D eigenvalue weighted by atomic mass is 10.4. The summed E-state index contributed by atoms with van der Waals surface area (Å²) in [7, 11) is 0. The van der Waals surface area contributed by atoms with Gasteiger partial charge in [0.2, 0.25) is 0 Å². The Balaban J connectivity index is 0. The van der Waals surface area contributed by atoms with Gasteiger partial charge in [0.1, 0.15) is 6.10 Å². The Hall–Kier alpha value is 0.0200. The molecule has 44 valence electrons. The summed E-state index contributed by atoms with van der Waals surface area (Å²) in [5.74, 6) is 0. The molecule has 0 aromatic heterocycles. The minimum atomic E-state index is -1.19. The van der Waals surface area contributed by atoms with E-state index in [2.05, 4.69) is 0 Å². The normalized spacial score (nSPS) is 11.7. The van der Waals surface area contributed by atoms with Gasteiger partial charge in [-0.25, -0.2) is 0 Å². The summed E-state index contributed by atoms with van der Waals surface area (Å²) < 4.78 is 0. The highest BCUT2D eigenvalue weighted by Gasteiger charge is 1.92. The number of aliphatic hydroxyl groups is 2. The van der Waals surface area contributed by atoms with Gasteiger partial charge in [-0.3, -0.25) is 0 Å². The van der Waals surface area contributed by atoms with E-state index in [4.69, 9.17) is 10.2 Å². The zero-order valence-corrected chi connectivity index (χ0v) is 5.29. The van der Waals surface area contributed by atoms with Gasteiger partial charge in [-0.2, -0.15) is 9.90 Å². The van der Waals surface area contributed by atoms with Crippen molar-refractivity contribution in [1.29, 1.82) is 0 Å². The van der Waals surface area contributed by atoms with Gasteiger partial charge < -0.3 is 15.0 Å². The van der Waals surface area contributed by atoms with Crippen LogP contribution in [0.2, 0.25) is 0 Å². The number of rotatable bonds is 2. The average Bonchev–Trinajstić information content (AvgIpc) is 1.65. The first-order valence-corrected chi connectivity index (χ1v) is 1.55. The highest BCUT2D eigenvalue weighted by atomic mass is 31.0. The Labute approximate surface area is 45.0 Å². The van der Waals surface area contributed by atoms with Gasteiger partial charge in [-0.05, 0) is 0 Å². The van der Waals surface area contributed by atoms with E-state index in [-0.39, 0.29) is 16.2 Å². The highest BCUT2D eigenvalue weighted by molar-refractivity contribution is 6.92. The van der Waals surface area contributed by atoms with Crippen LogP contribution < -0.4 is 0 Å². The van der Waals surface area contributed by atoms with Crippen LogP contribution in [0.5, 0.6) is 0 Å². The van der Waals surface area contributed by atoms with Crippen LogP contribution in [-0.2, 0) is 4.79 Å². The Bertz CT molecular complexity index is 47.4. The third-order valence-electron chi connectivity index (χ3n) is 0.344. The van der Waals surface area contributed by atoms with Gasteiger partial charge in [0, 0.05) is 0 Å². The summed E-state index contributed by atoms with van der Waals surface area (Å²) in [5, 5.41) is 15.9. The second-order valence-electron chi connectivity index (χ2n) is 0.886. The predicted octanol–water partition coefficient (Wildman–Crippen LogP) is -1.40. The second kappa shape index (κ2) is 6.02. The molecule has 0 saturated carbocycles. The topological polar surface area (TPSA) is 57.5 Å². The maximum atomic E-state index is 9.33. The molecule has 0 radical (unpaired) electrons. The van der Waals surface area contributed by atoms with Crippen molar-refractivity contribution in [3.8, 4) is 0 Å². The van der Waals surface area contributed by atoms with E-state index in [9.17, 15) is 4.79 Å². The van der Waals surface area contributed by atoms with Crippen molar-refractivity contribution in [2.75, 3.05) is 6.61 Å². The average molecular weight is 124 g/mol. The molecule has 0 aliphatic carbocycles. The largest absolute Gasteiger partial charge is 0.393 e. The van der Waals surface area contributed by atoms with Crippen LogP contribution in [0.15, 0.2) is 0 Å². The number of aldehydes is 1. The fraction of sp³-hybridized carbons (Fsp3) is 0.667. The van der Waals surface area contributed by atoms with Crippen molar-refractivity contribution in [3.05, 3.63) is 0 Å². The lowest BCUT2D eigenvalue weighted by Crippen LogP contribution is -2.12. The van der Waals surface area contributed by atoms with Gasteiger partial charge >= 0.3 is 0 Å². The summed E-state index contributed by atoms with van der Waals surface area (Å²) in [4.78, 5) is 9.33. The number of hydrogen-bond donors (Lipinski definition) is 2. The smallest absolute Gasteiger partial charge is 0.150 e. The molecule has 0 aliphatic heterocycles. The minimum absolute atomic E-state index is 0. The monoisotopic (exact) mass is 124 g/mol. The van der Waals surface area contributed by atoms with Crippen LogP contribution in [0.3, 0.4) is 0 Å². The summed E-state index contributed by atoms with van der Waals surface area (Å²) in [6.45, 7) is -0.483. The van der Waals surface area contributed by atoms with Crippen LogP contribution in [0.4, 0.5) is 0 Å². The molecule has 0 fully saturated rings. The van der Waals surface area contributed by atoms with E-state index in [1.54, 1.807) is 0 Å². The van der Waals surface area contributed by atoms with E-state index in [0.717, 1.165) is 0 Å². The Kier molecular flexibility index (Phi) is 8.68. The van der Waals surface area contributed by atoms with E-state index in [1.165, 1.54) is 0 Å². The first-order valence-electron chi connectivity index (χ1n) is 1.55. The second-order valence-corrected chi connectivity index (χ2v) is 0.886. The van der Waals surface area contributed by atoms with E-state index in [0.29, 0.717) is 0 Å². The molecule has 4 heteroatoms. The Morgan fingerprint density at radius 1 is 1.71 bits per heavy atom. The number of hydrogen-bond acceptors (Lipinski definition) is 3. The summed E-state index contributed by atoms with van der Waals surface area (Å²) in [6, 6.07) is 0. The lowest BCUT2D eigenvalue weighted by Gasteiger charge is -1.89. The molecule has 0 aromatic rings. The molecule has 2 N–H and O–H groups in total. The standard InChI is InChI=1S/C3H6O3.H3P/c4-1-3(6)2-5;/h1,3,5-6H,2H2;1H3. The van der Waals surface area contributed by atoms with Crippen LogP contribution in [0.25, 0.3) is 0 Å². The molecule has 3 nitrogen and oxygen atoms in total. The first-order chi connectivity index (χ1) is 2.81. The van der Waals surface area contributed by atoms with E-state index >= 15 is 0 Å². The molecular weight excluding hydrogens is 115 g/mol. The Morgan fingerprint density at radius 2 is 2.14 bits per heavy atom. The zero-order chi connectivity index (χ0) is 4.99. The van der Waals surface area contributed by atoms with Crippen LogP contribution in [-0.4, -0.2) is 29.2 Å². The molecule has 0 bridgehead atoms.